The van der Waals surface area contributed by atoms with Gasteiger partial charge in [-0.05, 0) is 32.4 Å². The van der Waals surface area contributed by atoms with Crippen molar-refractivity contribution in [2.45, 2.75) is 50.9 Å². The lowest BCUT2D eigenvalue weighted by atomic mass is 9.95. The number of amides is 2. The minimum atomic E-state index is -0.466. The Morgan fingerprint density at radius 2 is 1.97 bits per heavy atom. The van der Waals surface area contributed by atoms with Gasteiger partial charge in [-0.1, -0.05) is 18.2 Å². The fourth-order valence-corrected chi connectivity index (χ4v) is 5.31. The highest BCUT2D eigenvalue weighted by Crippen LogP contribution is 2.40. The number of nitrogens with two attached hydrogens (primary N) is 1. The van der Waals surface area contributed by atoms with Crippen molar-refractivity contribution in [3.63, 3.8) is 0 Å². The molecule has 4 rings (SSSR count). The molecule has 0 aliphatic carbocycles. The van der Waals surface area contributed by atoms with Crippen LogP contribution in [-0.4, -0.2) is 91.7 Å². The van der Waals surface area contributed by atoms with Crippen LogP contribution in [-0.2, 0) is 14.3 Å². The Balaban J connectivity index is 1.50. The first-order valence-electron chi connectivity index (χ1n) is 11.4. The van der Waals surface area contributed by atoms with Gasteiger partial charge in [0, 0.05) is 56.0 Å². The number of piperazine rings is 1. The van der Waals surface area contributed by atoms with E-state index >= 15 is 0 Å². The molecule has 170 valence electrons. The van der Waals surface area contributed by atoms with Crippen LogP contribution in [0, 0.1) is 0 Å². The van der Waals surface area contributed by atoms with Crippen molar-refractivity contribution >= 4 is 17.5 Å². The third kappa shape index (κ3) is 4.48. The van der Waals surface area contributed by atoms with E-state index in [1.807, 2.05) is 31.2 Å². The molecule has 8 nitrogen and oxygen atoms in total. The molecule has 8 heteroatoms. The summed E-state index contributed by atoms with van der Waals surface area (Å²) in [6.07, 6.45) is 0. The summed E-state index contributed by atoms with van der Waals surface area (Å²) in [5.74, 6) is -0.824. The van der Waals surface area contributed by atoms with E-state index in [0.717, 1.165) is 50.6 Å². The van der Waals surface area contributed by atoms with E-state index in [1.165, 1.54) is 0 Å². The molecule has 3 aliphatic rings. The van der Waals surface area contributed by atoms with E-state index in [1.54, 1.807) is 4.90 Å². The largest absolute Gasteiger partial charge is 0.379 e. The Bertz CT molecular complexity index is 818. The van der Waals surface area contributed by atoms with Gasteiger partial charge >= 0.3 is 0 Å². The van der Waals surface area contributed by atoms with Crippen LogP contribution in [0.4, 0.5) is 5.69 Å². The fraction of sp³-hybridized carbons (Fsp3) is 0.652. The van der Waals surface area contributed by atoms with Crippen LogP contribution in [0.25, 0.3) is 0 Å². The second-order valence-corrected chi connectivity index (χ2v) is 9.25. The molecule has 5 atom stereocenters. The van der Waals surface area contributed by atoms with Crippen molar-refractivity contribution in [1.29, 1.82) is 0 Å². The van der Waals surface area contributed by atoms with Crippen LogP contribution in [0.15, 0.2) is 24.3 Å². The topological polar surface area (TPSA) is 91.1 Å². The van der Waals surface area contributed by atoms with Crippen LogP contribution in [0.1, 0.15) is 32.3 Å². The van der Waals surface area contributed by atoms with Crippen LogP contribution in [0.3, 0.4) is 0 Å². The SMILES string of the molecule is CC1COCCN1C[C@H]1CN[C@H](C)CN1CC(=O)N1c2ccccc2C(C(N)=O)C1C. The number of nitrogens with zero attached hydrogens (tertiary/aromatic N) is 3. The van der Waals surface area contributed by atoms with E-state index in [2.05, 4.69) is 29.0 Å². The Morgan fingerprint density at radius 3 is 2.71 bits per heavy atom. The normalized spacial score (nSPS) is 32.1. The van der Waals surface area contributed by atoms with E-state index in [-0.39, 0.29) is 23.9 Å². The Morgan fingerprint density at radius 1 is 1.19 bits per heavy atom. The van der Waals surface area contributed by atoms with Crippen molar-refractivity contribution in [3.05, 3.63) is 29.8 Å². The van der Waals surface area contributed by atoms with E-state index in [9.17, 15) is 9.59 Å². The molecule has 3 N–H and O–H groups in total. The zero-order valence-corrected chi connectivity index (χ0v) is 18.8. The van der Waals surface area contributed by atoms with Gasteiger partial charge in [0.2, 0.25) is 11.8 Å². The predicted molar refractivity (Wildman–Crippen MR) is 120 cm³/mol. The Hall–Kier alpha value is -2.00. The number of anilines is 1. The standard InChI is InChI=1S/C23H35N5O3/c1-15-11-27(18(10-25-15)12-26-8-9-31-14-16(26)2)13-21(29)28-17(3)22(23(24)30)19-6-4-5-7-20(19)28/h4-7,15-18,22,25H,8-14H2,1-3H3,(H2,24,30)/t15-,16?,17?,18-,22?/m1/s1. The second kappa shape index (κ2) is 9.24. The van der Waals surface area contributed by atoms with Crippen LogP contribution >= 0.6 is 0 Å². The molecule has 1 aromatic carbocycles. The maximum Gasteiger partial charge on any atom is 0.241 e. The average molecular weight is 430 g/mol. The maximum atomic E-state index is 13.5. The first-order valence-corrected chi connectivity index (χ1v) is 11.4. The van der Waals surface area contributed by atoms with Crippen molar-refractivity contribution in [1.82, 2.24) is 15.1 Å². The molecule has 31 heavy (non-hydrogen) atoms. The smallest absolute Gasteiger partial charge is 0.241 e. The molecular weight excluding hydrogens is 394 g/mol. The van der Waals surface area contributed by atoms with Crippen LogP contribution < -0.4 is 16.0 Å². The summed E-state index contributed by atoms with van der Waals surface area (Å²) in [6, 6.07) is 8.31. The van der Waals surface area contributed by atoms with Gasteiger partial charge in [0.15, 0.2) is 0 Å². The quantitative estimate of drug-likeness (QED) is 0.703. The Labute approximate surface area is 184 Å². The maximum absolute atomic E-state index is 13.5. The van der Waals surface area contributed by atoms with Crippen LogP contribution in [0.2, 0.25) is 0 Å². The molecule has 3 heterocycles. The molecule has 2 fully saturated rings. The van der Waals surface area contributed by atoms with Gasteiger partial charge in [-0.2, -0.15) is 0 Å². The summed E-state index contributed by atoms with van der Waals surface area (Å²) < 4.78 is 5.58. The van der Waals surface area contributed by atoms with Crippen molar-refractivity contribution < 1.29 is 14.3 Å². The van der Waals surface area contributed by atoms with Crippen molar-refractivity contribution in [2.24, 2.45) is 5.73 Å². The zero-order chi connectivity index (χ0) is 22.1. The van der Waals surface area contributed by atoms with Gasteiger partial charge in [0.25, 0.3) is 0 Å². The fourth-order valence-electron chi connectivity index (χ4n) is 5.31. The average Bonchev–Trinajstić information content (AvgIpc) is 3.03. The highest BCUT2D eigenvalue weighted by molar-refractivity contribution is 6.01. The molecule has 0 spiro atoms. The highest BCUT2D eigenvalue weighted by Gasteiger charge is 2.42. The van der Waals surface area contributed by atoms with Gasteiger partial charge in [0.1, 0.15) is 0 Å². The monoisotopic (exact) mass is 429 g/mol. The van der Waals surface area contributed by atoms with Gasteiger partial charge in [-0.15, -0.1) is 0 Å². The number of hydrogen-bond acceptors (Lipinski definition) is 6. The number of morpholine rings is 1. The molecular formula is C23H35N5O3. The summed E-state index contributed by atoms with van der Waals surface area (Å²) in [6.45, 7) is 11.6. The van der Waals surface area contributed by atoms with Crippen LogP contribution in [0.5, 0.6) is 0 Å². The third-order valence-corrected chi connectivity index (χ3v) is 7.01. The number of benzene rings is 1. The number of ether oxygens (including phenoxy) is 1. The predicted octanol–water partition coefficient (Wildman–Crippen LogP) is 0.374. The Kier molecular flexibility index (Phi) is 6.62. The second-order valence-electron chi connectivity index (χ2n) is 9.25. The number of carbonyl (C=O) groups is 2. The molecule has 3 unspecified atom stereocenters. The number of primary amides is 1. The lowest BCUT2D eigenvalue weighted by Crippen LogP contribution is -2.62. The first kappa shape index (κ1) is 22.2. The number of hydrogen-bond donors (Lipinski definition) is 2. The number of carbonyl (C=O) groups excluding carboxylic acids is 2. The molecule has 0 radical (unpaired) electrons. The number of nitrogens with one attached hydrogen (secondary N) is 1. The van der Waals surface area contributed by atoms with Gasteiger partial charge in [0.05, 0.1) is 25.7 Å². The van der Waals surface area contributed by atoms with Crippen molar-refractivity contribution in [3.8, 4) is 0 Å². The zero-order valence-electron chi connectivity index (χ0n) is 18.8. The molecule has 2 amide bonds. The van der Waals surface area contributed by atoms with E-state index < -0.39 is 5.92 Å². The molecule has 0 saturated carbocycles. The number of fused-ring (bicyclic) bond motifs is 1. The lowest BCUT2D eigenvalue weighted by Gasteiger charge is -2.44. The van der Waals surface area contributed by atoms with E-state index in [4.69, 9.17) is 10.5 Å². The number of rotatable bonds is 5. The molecule has 2 saturated heterocycles. The minimum Gasteiger partial charge on any atom is -0.379 e. The summed E-state index contributed by atoms with van der Waals surface area (Å²) in [5, 5.41) is 3.57. The minimum absolute atomic E-state index is 0.0258. The summed E-state index contributed by atoms with van der Waals surface area (Å²) in [7, 11) is 0. The van der Waals surface area contributed by atoms with E-state index in [0.29, 0.717) is 18.6 Å². The third-order valence-electron chi connectivity index (χ3n) is 7.01. The summed E-state index contributed by atoms with van der Waals surface area (Å²) >= 11 is 0. The molecule has 3 aliphatic heterocycles. The highest BCUT2D eigenvalue weighted by atomic mass is 16.5. The summed E-state index contributed by atoms with van der Waals surface area (Å²) in [4.78, 5) is 32.2. The summed E-state index contributed by atoms with van der Waals surface area (Å²) in [5.41, 5.74) is 7.36. The van der Waals surface area contributed by atoms with Gasteiger partial charge in [-0.3, -0.25) is 19.4 Å². The van der Waals surface area contributed by atoms with Crippen molar-refractivity contribution in [2.75, 3.05) is 50.8 Å². The molecule has 0 bridgehead atoms. The van der Waals surface area contributed by atoms with Gasteiger partial charge in [-0.25, -0.2) is 0 Å². The lowest BCUT2D eigenvalue weighted by molar-refractivity contribution is -0.122. The molecule has 0 aromatic heterocycles. The first-order chi connectivity index (χ1) is 14.9. The van der Waals surface area contributed by atoms with Gasteiger partial charge < -0.3 is 20.7 Å². The molecule has 1 aromatic rings. The number of para-hydroxylation sites is 1.